The minimum atomic E-state index is -5.08. The molecule has 0 bridgehead atoms. The second-order valence-electron chi connectivity index (χ2n) is 9.20. The summed E-state index contributed by atoms with van der Waals surface area (Å²) in [5.74, 6) is -3.56. The van der Waals surface area contributed by atoms with Crippen LogP contribution in [-0.2, 0) is 20.8 Å². The van der Waals surface area contributed by atoms with Crippen molar-refractivity contribution in [1.29, 1.82) is 0 Å². The molecule has 0 radical (unpaired) electrons. The van der Waals surface area contributed by atoms with E-state index >= 15 is 0 Å². The van der Waals surface area contributed by atoms with Crippen molar-refractivity contribution < 1.29 is 41.3 Å². The molecule has 0 unspecified atom stereocenters. The van der Waals surface area contributed by atoms with Gasteiger partial charge in [0.2, 0.25) is 5.95 Å². The summed E-state index contributed by atoms with van der Waals surface area (Å²) in [5, 5.41) is 10.2. The fraction of sp³-hybridized carbons (Fsp3) is 0.370. The highest BCUT2D eigenvalue weighted by molar-refractivity contribution is 5.73. The number of anilines is 3. The van der Waals surface area contributed by atoms with Crippen LogP contribution in [0.3, 0.4) is 0 Å². The molecule has 2 N–H and O–H groups in total. The Morgan fingerprint density at radius 2 is 1.56 bits per heavy atom. The maximum Gasteiger partial charge on any atom is 0.490 e. The average molecular weight is 582 g/mol. The number of alkyl halides is 3. The van der Waals surface area contributed by atoms with Gasteiger partial charge in [0, 0.05) is 49.7 Å². The van der Waals surface area contributed by atoms with E-state index < -0.39 is 23.8 Å². The average Bonchev–Trinajstić information content (AvgIpc) is 2.96. The van der Waals surface area contributed by atoms with E-state index in [9.17, 15) is 22.0 Å². The highest BCUT2D eigenvalue weighted by Gasteiger charge is 2.38. The Bertz CT molecular complexity index is 1310. The van der Waals surface area contributed by atoms with E-state index in [1.807, 2.05) is 29.2 Å². The molecule has 14 heteroatoms. The van der Waals surface area contributed by atoms with Crippen LogP contribution >= 0.6 is 0 Å². The van der Waals surface area contributed by atoms with E-state index in [4.69, 9.17) is 19.4 Å². The molecule has 9 nitrogen and oxygen atoms in total. The number of halogens is 5. The molecule has 3 heterocycles. The van der Waals surface area contributed by atoms with Crippen molar-refractivity contribution in [2.75, 3.05) is 62.8 Å². The number of benzene rings is 2. The lowest BCUT2D eigenvalue weighted by Gasteiger charge is -2.29. The number of carboxylic acid groups (broad SMARTS) is 1. The molecular weight excluding hydrogens is 553 g/mol. The van der Waals surface area contributed by atoms with E-state index in [1.165, 1.54) is 17.7 Å². The van der Waals surface area contributed by atoms with Gasteiger partial charge < -0.3 is 24.8 Å². The van der Waals surface area contributed by atoms with Crippen LogP contribution < -0.4 is 10.2 Å². The first kappa shape index (κ1) is 30.1. The molecular formula is C27H28F5N5O4. The largest absolute Gasteiger partial charge is 0.490 e. The van der Waals surface area contributed by atoms with Crippen molar-refractivity contribution in [1.82, 2.24) is 14.9 Å². The van der Waals surface area contributed by atoms with Crippen LogP contribution in [0.5, 0.6) is 0 Å². The third-order valence-corrected chi connectivity index (χ3v) is 6.24. The first-order valence-corrected chi connectivity index (χ1v) is 12.7. The first-order valence-electron chi connectivity index (χ1n) is 12.7. The van der Waals surface area contributed by atoms with Gasteiger partial charge in [-0.25, -0.2) is 23.5 Å². The monoisotopic (exact) mass is 581 g/mol. The highest BCUT2D eigenvalue weighted by atomic mass is 19.4. The molecule has 2 aliphatic rings. The number of nitrogens with zero attached hydrogens (tertiary/aromatic N) is 4. The molecule has 0 aliphatic carbocycles. The summed E-state index contributed by atoms with van der Waals surface area (Å²) in [4.78, 5) is 21.7. The molecule has 0 saturated carbocycles. The van der Waals surface area contributed by atoms with Gasteiger partial charge in [0.15, 0.2) is 5.82 Å². The lowest BCUT2D eigenvalue weighted by atomic mass is 10.1. The summed E-state index contributed by atoms with van der Waals surface area (Å²) in [7, 11) is 0. The number of rotatable bonds is 6. The van der Waals surface area contributed by atoms with Gasteiger partial charge >= 0.3 is 12.1 Å². The van der Waals surface area contributed by atoms with Crippen molar-refractivity contribution in [3.63, 3.8) is 0 Å². The summed E-state index contributed by atoms with van der Waals surface area (Å²) in [5.41, 5.74) is 3.09. The van der Waals surface area contributed by atoms with Crippen LogP contribution in [0.15, 0.2) is 48.7 Å². The molecule has 2 saturated heterocycles. The summed E-state index contributed by atoms with van der Waals surface area (Å²) < 4.78 is 71.6. The number of aromatic nitrogens is 2. The normalized spacial score (nSPS) is 16.1. The molecule has 220 valence electrons. The number of morpholine rings is 2. The van der Waals surface area contributed by atoms with Gasteiger partial charge in [0.25, 0.3) is 0 Å². The van der Waals surface area contributed by atoms with E-state index in [2.05, 4.69) is 20.2 Å². The van der Waals surface area contributed by atoms with Gasteiger partial charge in [-0.2, -0.15) is 13.2 Å². The van der Waals surface area contributed by atoms with E-state index in [0.29, 0.717) is 37.6 Å². The second-order valence-corrected chi connectivity index (χ2v) is 9.20. The lowest BCUT2D eigenvalue weighted by Crippen LogP contribution is -2.36. The van der Waals surface area contributed by atoms with E-state index in [1.54, 1.807) is 6.07 Å². The van der Waals surface area contributed by atoms with Gasteiger partial charge in [0.1, 0.15) is 11.5 Å². The van der Waals surface area contributed by atoms with Crippen molar-refractivity contribution in [3.8, 4) is 11.3 Å². The Kier molecular flexibility index (Phi) is 10.0. The molecule has 0 atom stereocenters. The van der Waals surface area contributed by atoms with Crippen molar-refractivity contribution in [2.24, 2.45) is 0 Å². The molecule has 2 fully saturated rings. The number of hydrogen-bond acceptors (Lipinski definition) is 8. The van der Waals surface area contributed by atoms with Gasteiger partial charge in [-0.15, -0.1) is 0 Å². The molecule has 2 aromatic carbocycles. The Labute approximate surface area is 232 Å². The summed E-state index contributed by atoms with van der Waals surface area (Å²) in [6.07, 6.45) is -3.98. The molecule has 1 aromatic heterocycles. The first-order chi connectivity index (χ1) is 19.6. The molecule has 41 heavy (non-hydrogen) atoms. The fourth-order valence-corrected chi connectivity index (χ4v) is 4.18. The second kappa shape index (κ2) is 13.7. The Balaban J connectivity index is 0.000000493. The molecule has 3 aromatic rings. The highest BCUT2D eigenvalue weighted by Crippen LogP contribution is 2.28. The molecule has 5 rings (SSSR count). The van der Waals surface area contributed by atoms with Crippen molar-refractivity contribution in [2.45, 2.75) is 12.7 Å². The SMILES string of the molecule is Fc1cc(-c2nc(Nc3ccc(CN4CCOCC4)cc3)ncc2F)cc(N2CCOCC2)c1.O=C(O)C(F)(F)F. The van der Waals surface area contributed by atoms with Crippen LogP contribution in [0.25, 0.3) is 11.3 Å². The number of carbonyl (C=O) groups is 1. The fourth-order valence-electron chi connectivity index (χ4n) is 4.18. The van der Waals surface area contributed by atoms with Crippen LogP contribution in [0, 0.1) is 11.6 Å². The van der Waals surface area contributed by atoms with Gasteiger partial charge in [-0.05, 0) is 35.9 Å². The lowest BCUT2D eigenvalue weighted by molar-refractivity contribution is -0.192. The third kappa shape index (κ3) is 8.80. The predicted molar refractivity (Wildman–Crippen MR) is 140 cm³/mol. The zero-order valence-corrected chi connectivity index (χ0v) is 21.8. The van der Waals surface area contributed by atoms with Gasteiger partial charge in [-0.3, -0.25) is 4.90 Å². The minimum Gasteiger partial charge on any atom is -0.475 e. The number of nitrogens with one attached hydrogen (secondary N) is 1. The zero-order chi connectivity index (χ0) is 29.4. The van der Waals surface area contributed by atoms with Crippen LogP contribution in [-0.4, -0.2) is 84.7 Å². The quantitative estimate of drug-likeness (QED) is 0.409. The topological polar surface area (TPSA) is 100 Å². The number of hydrogen-bond donors (Lipinski definition) is 2. The smallest absolute Gasteiger partial charge is 0.475 e. The van der Waals surface area contributed by atoms with Crippen molar-refractivity contribution >= 4 is 23.3 Å². The molecule has 2 aliphatic heterocycles. The summed E-state index contributed by atoms with van der Waals surface area (Å²) >= 11 is 0. The van der Waals surface area contributed by atoms with Gasteiger partial charge in [-0.1, -0.05) is 12.1 Å². The maximum absolute atomic E-state index is 14.7. The Hall–Kier alpha value is -3.88. The number of carboxylic acids is 1. The maximum atomic E-state index is 14.7. The van der Waals surface area contributed by atoms with Crippen LogP contribution in [0.2, 0.25) is 0 Å². The molecule has 0 amide bonds. The Morgan fingerprint density at radius 3 is 2.17 bits per heavy atom. The number of aliphatic carboxylic acids is 1. The van der Waals surface area contributed by atoms with Crippen LogP contribution in [0.1, 0.15) is 5.56 Å². The summed E-state index contributed by atoms with van der Waals surface area (Å²) in [6, 6.07) is 12.5. The van der Waals surface area contributed by atoms with Crippen LogP contribution in [0.4, 0.5) is 39.3 Å². The summed E-state index contributed by atoms with van der Waals surface area (Å²) in [6.45, 7) is 6.73. The Morgan fingerprint density at radius 1 is 0.951 bits per heavy atom. The van der Waals surface area contributed by atoms with Gasteiger partial charge in [0.05, 0.1) is 32.6 Å². The third-order valence-electron chi connectivity index (χ3n) is 6.24. The van der Waals surface area contributed by atoms with E-state index in [-0.39, 0.29) is 11.6 Å². The number of ether oxygens (including phenoxy) is 2. The molecule has 0 spiro atoms. The zero-order valence-electron chi connectivity index (χ0n) is 21.8. The van der Waals surface area contributed by atoms with Crippen molar-refractivity contribution in [3.05, 3.63) is 65.9 Å². The minimum absolute atomic E-state index is 0.0513. The standard InChI is InChI=1S/C25H27F2N5O2.C2HF3O2/c26-20-13-19(14-22(15-20)32-7-11-34-12-8-32)24-23(27)16-28-25(30-24)29-21-3-1-18(2-4-21)17-31-5-9-33-10-6-31;3-2(4,5)1(6)7/h1-4,13-16H,5-12,17H2,(H,28,29,30);(H,6,7). The predicted octanol–water partition coefficient (Wildman–Crippen LogP) is 4.47. The van der Waals surface area contributed by atoms with E-state index in [0.717, 1.165) is 44.7 Å².